The van der Waals surface area contributed by atoms with Crippen molar-refractivity contribution in [2.24, 2.45) is 0 Å². The Morgan fingerprint density at radius 3 is 2.48 bits per heavy atom. The molecule has 0 aliphatic heterocycles. The van der Waals surface area contributed by atoms with Crippen molar-refractivity contribution in [3.05, 3.63) is 6.33 Å². The fourth-order valence-corrected chi connectivity index (χ4v) is 1.82. The molecule has 1 rings (SSSR count). The molecular formula is C13H21F3N4O. The summed E-state index contributed by atoms with van der Waals surface area (Å²) in [7, 11) is 1.39. The molecule has 1 heterocycles. The van der Waals surface area contributed by atoms with Crippen molar-refractivity contribution < 1.29 is 17.9 Å². The summed E-state index contributed by atoms with van der Waals surface area (Å²) >= 11 is 0. The first-order valence-electron chi connectivity index (χ1n) is 6.76. The highest BCUT2D eigenvalue weighted by Gasteiger charge is 2.34. The van der Waals surface area contributed by atoms with Gasteiger partial charge in [0.2, 0.25) is 5.75 Å². The molecule has 0 unspecified atom stereocenters. The van der Waals surface area contributed by atoms with Crippen molar-refractivity contribution in [1.82, 2.24) is 9.97 Å². The number of methoxy groups -OCH3 is 1. The van der Waals surface area contributed by atoms with Crippen LogP contribution in [0.1, 0.15) is 27.2 Å². The molecule has 1 aromatic rings. The molecule has 1 aromatic heterocycles. The maximum absolute atomic E-state index is 12.7. The van der Waals surface area contributed by atoms with E-state index >= 15 is 0 Å². The van der Waals surface area contributed by atoms with Crippen LogP contribution in [0.4, 0.5) is 24.8 Å². The number of alkyl halides is 3. The van der Waals surface area contributed by atoms with Gasteiger partial charge in [-0.25, -0.2) is 9.97 Å². The minimum absolute atomic E-state index is 0.137. The largest absolute Gasteiger partial charge is 0.490 e. The molecule has 1 N–H and O–H groups in total. The lowest BCUT2D eigenvalue weighted by Crippen LogP contribution is -2.40. The Kier molecular flexibility index (Phi) is 6.04. The Labute approximate surface area is 122 Å². The molecule has 0 saturated heterocycles. The standard InChI is InChI=1S/C13H21F3N4O/c1-5-6-17-11-10(21-4)12(19-8-18-11)20(9(2)3)7-13(14,15)16/h8-9H,5-7H2,1-4H3,(H,17,18,19). The van der Waals surface area contributed by atoms with Crippen LogP contribution < -0.4 is 15.0 Å². The van der Waals surface area contributed by atoms with E-state index in [1.807, 2.05) is 6.92 Å². The number of halogens is 3. The molecule has 0 aromatic carbocycles. The predicted octanol–water partition coefficient (Wildman–Crippen LogP) is 3.08. The van der Waals surface area contributed by atoms with E-state index in [1.165, 1.54) is 13.4 Å². The molecule has 120 valence electrons. The molecule has 0 fully saturated rings. The van der Waals surface area contributed by atoms with Gasteiger partial charge in [0.15, 0.2) is 11.6 Å². The first-order valence-corrected chi connectivity index (χ1v) is 6.76. The summed E-state index contributed by atoms with van der Waals surface area (Å²) in [6, 6.07) is -0.380. The maximum Gasteiger partial charge on any atom is 0.405 e. The lowest BCUT2D eigenvalue weighted by molar-refractivity contribution is -0.120. The van der Waals surface area contributed by atoms with Crippen LogP contribution in [0.3, 0.4) is 0 Å². The molecule has 0 aliphatic rings. The molecule has 0 spiro atoms. The lowest BCUT2D eigenvalue weighted by atomic mass is 10.3. The molecule has 0 saturated carbocycles. The van der Waals surface area contributed by atoms with E-state index in [2.05, 4.69) is 15.3 Å². The monoisotopic (exact) mass is 306 g/mol. The van der Waals surface area contributed by atoms with Gasteiger partial charge in [0.1, 0.15) is 12.9 Å². The van der Waals surface area contributed by atoms with Gasteiger partial charge in [-0.1, -0.05) is 6.92 Å². The van der Waals surface area contributed by atoms with E-state index in [-0.39, 0.29) is 17.6 Å². The molecule has 0 bridgehead atoms. The van der Waals surface area contributed by atoms with E-state index < -0.39 is 12.7 Å². The number of ether oxygens (including phenoxy) is 1. The molecular weight excluding hydrogens is 285 g/mol. The summed E-state index contributed by atoms with van der Waals surface area (Å²) in [4.78, 5) is 9.16. The third-order valence-electron chi connectivity index (χ3n) is 2.78. The van der Waals surface area contributed by atoms with Crippen LogP contribution in [0, 0.1) is 0 Å². The minimum Gasteiger partial charge on any atom is -0.490 e. The first kappa shape index (κ1) is 17.3. The normalized spacial score (nSPS) is 11.6. The van der Waals surface area contributed by atoms with Crippen molar-refractivity contribution >= 4 is 11.6 Å². The zero-order valence-electron chi connectivity index (χ0n) is 12.7. The summed E-state index contributed by atoms with van der Waals surface area (Å²) in [5.74, 6) is 0.763. The third-order valence-corrected chi connectivity index (χ3v) is 2.78. The van der Waals surface area contributed by atoms with E-state index in [0.29, 0.717) is 12.4 Å². The van der Waals surface area contributed by atoms with Gasteiger partial charge in [0, 0.05) is 12.6 Å². The molecule has 0 radical (unpaired) electrons. The molecule has 8 heteroatoms. The predicted molar refractivity (Wildman–Crippen MR) is 75.9 cm³/mol. The Balaban J connectivity index is 3.18. The maximum atomic E-state index is 12.7. The van der Waals surface area contributed by atoms with E-state index in [0.717, 1.165) is 11.3 Å². The van der Waals surface area contributed by atoms with Gasteiger partial charge in [-0.15, -0.1) is 0 Å². The number of nitrogens with zero attached hydrogens (tertiary/aromatic N) is 3. The van der Waals surface area contributed by atoms with Gasteiger partial charge in [0.25, 0.3) is 0 Å². The topological polar surface area (TPSA) is 50.3 Å². The zero-order chi connectivity index (χ0) is 16.0. The number of hydrogen-bond donors (Lipinski definition) is 1. The SMILES string of the molecule is CCCNc1ncnc(N(CC(F)(F)F)C(C)C)c1OC. The molecule has 5 nitrogen and oxygen atoms in total. The second-order valence-electron chi connectivity index (χ2n) is 4.84. The quantitative estimate of drug-likeness (QED) is 0.839. The molecule has 0 aliphatic carbocycles. The van der Waals surface area contributed by atoms with Crippen LogP contribution in [-0.4, -0.2) is 42.4 Å². The number of nitrogens with one attached hydrogen (secondary N) is 1. The number of anilines is 2. The van der Waals surface area contributed by atoms with Crippen LogP contribution in [0.25, 0.3) is 0 Å². The van der Waals surface area contributed by atoms with Crippen molar-refractivity contribution in [3.63, 3.8) is 0 Å². The van der Waals surface area contributed by atoms with Crippen molar-refractivity contribution in [1.29, 1.82) is 0 Å². The highest BCUT2D eigenvalue weighted by Crippen LogP contribution is 2.34. The highest BCUT2D eigenvalue weighted by molar-refractivity contribution is 5.65. The molecule has 0 atom stereocenters. The van der Waals surface area contributed by atoms with Gasteiger partial charge in [-0.05, 0) is 20.3 Å². The van der Waals surface area contributed by atoms with Crippen LogP contribution in [0.2, 0.25) is 0 Å². The first-order chi connectivity index (χ1) is 9.80. The average molecular weight is 306 g/mol. The summed E-state index contributed by atoms with van der Waals surface area (Å²) in [5.41, 5.74) is 0. The zero-order valence-corrected chi connectivity index (χ0v) is 12.7. The smallest absolute Gasteiger partial charge is 0.405 e. The number of aromatic nitrogens is 2. The number of hydrogen-bond acceptors (Lipinski definition) is 5. The van der Waals surface area contributed by atoms with Crippen molar-refractivity contribution in [2.45, 2.75) is 39.4 Å². The van der Waals surface area contributed by atoms with Crippen LogP contribution in [-0.2, 0) is 0 Å². The van der Waals surface area contributed by atoms with Gasteiger partial charge < -0.3 is 15.0 Å². The van der Waals surface area contributed by atoms with E-state index in [9.17, 15) is 13.2 Å². The Morgan fingerprint density at radius 1 is 1.33 bits per heavy atom. The third kappa shape index (κ3) is 4.95. The minimum atomic E-state index is -4.32. The Bertz CT molecular complexity index is 452. The average Bonchev–Trinajstić information content (AvgIpc) is 2.40. The van der Waals surface area contributed by atoms with Gasteiger partial charge in [0.05, 0.1) is 7.11 Å². The Morgan fingerprint density at radius 2 is 2.00 bits per heavy atom. The van der Waals surface area contributed by atoms with Crippen molar-refractivity contribution in [2.75, 3.05) is 30.4 Å². The van der Waals surface area contributed by atoms with Gasteiger partial charge in [-0.3, -0.25) is 0 Å². The Hall–Kier alpha value is -1.73. The van der Waals surface area contributed by atoms with Crippen molar-refractivity contribution in [3.8, 4) is 5.75 Å². The highest BCUT2D eigenvalue weighted by atomic mass is 19.4. The fraction of sp³-hybridized carbons (Fsp3) is 0.692. The fourth-order valence-electron chi connectivity index (χ4n) is 1.82. The van der Waals surface area contributed by atoms with Crippen LogP contribution >= 0.6 is 0 Å². The second-order valence-corrected chi connectivity index (χ2v) is 4.84. The summed E-state index contributed by atoms with van der Waals surface area (Å²) in [6.07, 6.45) is -2.22. The van der Waals surface area contributed by atoms with Gasteiger partial charge >= 0.3 is 6.18 Å². The second kappa shape index (κ2) is 7.33. The summed E-state index contributed by atoms with van der Waals surface area (Å²) in [5, 5.41) is 3.03. The molecule has 21 heavy (non-hydrogen) atoms. The summed E-state index contributed by atoms with van der Waals surface area (Å²) in [6.45, 7) is 4.88. The number of rotatable bonds is 7. The molecule has 0 amide bonds. The van der Waals surface area contributed by atoms with E-state index in [4.69, 9.17) is 4.74 Å². The van der Waals surface area contributed by atoms with Crippen LogP contribution in [0.5, 0.6) is 5.75 Å². The van der Waals surface area contributed by atoms with Gasteiger partial charge in [-0.2, -0.15) is 13.2 Å². The lowest BCUT2D eigenvalue weighted by Gasteiger charge is -2.30. The van der Waals surface area contributed by atoms with E-state index in [1.54, 1.807) is 13.8 Å². The van der Waals surface area contributed by atoms with Crippen LogP contribution in [0.15, 0.2) is 6.33 Å². The summed E-state index contributed by atoms with van der Waals surface area (Å²) < 4.78 is 43.5.